The number of carbonyl (C=O) groups is 1. The molecule has 0 unspecified atom stereocenters. The number of hydrogen-bond donors (Lipinski definition) is 1. The molecule has 0 bridgehead atoms. The van der Waals surface area contributed by atoms with Gasteiger partial charge in [0.15, 0.2) is 0 Å². The first-order chi connectivity index (χ1) is 16.4. The third-order valence-corrected chi connectivity index (χ3v) is 4.57. The van der Waals surface area contributed by atoms with Gasteiger partial charge in [-0.1, -0.05) is 35.5 Å². The van der Waals surface area contributed by atoms with Crippen LogP contribution < -0.4 is 4.74 Å². The summed E-state index contributed by atoms with van der Waals surface area (Å²) in [5.74, 6) is -0.940. The van der Waals surface area contributed by atoms with Crippen LogP contribution in [0.25, 0.3) is 11.1 Å². The maximum absolute atomic E-state index is 13.1. The fourth-order valence-corrected chi connectivity index (χ4v) is 3.02. The maximum Gasteiger partial charge on any atom is 0.416 e. The fraction of sp³-hybridized carbons (Fsp3) is 0.167. The molecule has 0 fully saturated rings. The minimum absolute atomic E-state index is 0.0626. The van der Waals surface area contributed by atoms with Crippen LogP contribution in [0.3, 0.4) is 0 Å². The molecular weight excluding hydrogens is 480 g/mol. The van der Waals surface area contributed by atoms with Crippen LogP contribution in [-0.2, 0) is 28.6 Å². The van der Waals surface area contributed by atoms with Gasteiger partial charge in [-0.25, -0.2) is 4.79 Å². The number of carboxylic acid groups (broad SMARTS) is 1. The van der Waals surface area contributed by atoms with Gasteiger partial charge >= 0.3 is 18.3 Å². The first-order valence-corrected chi connectivity index (χ1v) is 9.90. The van der Waals surface area contributed by atoms with Crippen molar-refractivity contribution < 1.29 is 45.8 Å². The standard InChI is InChI=1S/C24H17F6NO4/c25-23(26,27)19-8-16(9-20(11-19)24(28,29)30)13-34-21-6-2-5-18(10-21)17-4-1-3-15(7-17)12-31-35-14-22(32)33/h1-12H,13-14H2,(H,32,33). The lowest BCUT2D eigenvalue weighted by molar-refractivity contribution is -0.144. The Balaban J connectivity index is 1.78. The van der Waals surface area contributed by atoms with Crippen molar-refractivity contribution in [3.05, 3.63) is 89.0 Å². The molecule has 0 aliphatic rings. The molecule has 3 rings (SSSR count). The summed E-state index contributed by atoms with van der Waals surface area (Å²) < 4.78 is 83.8. The molecule has 184 valence electrons. The number of alkyl halides is 6. The Labute approximate surface area is 195 Å². The molecule has 0 heterocycles. The van der Waals surface area contributed by atoms with Crippen molar-refractivity contribution in [2.75, 3.05) is 6.61 Å². The average Bonchev–Trinajstić information content (AvgIpc) is 2.79. The lowest BCUT2D eigenvalue weighted by atomic mass is 10.0. The highest BCUT2D eigenvalue weighted by Crippen LogP contribution is 2.36. The summed E-state index contributed by atoms with van der Waals surface area (Å²) in [6.45, 7) is -1.10. The summed E-state index contributed by atoms with van der Waals surface area (Å²) in [4.78, 5) is 15.0. The van der Waals surface area contributed by atoms with Crippen molar-refractivity contribution in [2.45, 2.75) is 19.0 Å². The molecule has 0 aliphatic carbocycles. The molecule has 35 heavy (non-hydrogen) atoms. The zero-order chi connectivity index (χ0) is 25.6. The zero-order valence-electron chi connectivity index (χ0n) is 17.7. The number of halogens is 6. The van der Waals surface area contributed by atoms with Crippen molar-refractivity contribution in [2.24, 2.45) is 5.16 Å². The van der Waals surface area contributed by atoms with Gasteiger partial charge in [0.2, 0.25) is 6.61 Å². The molecule has 3 aromatic carbocycles. The molecule has 0 radical (unpaired) electrons. The summed E-state index contributed by atoms with van der Waals surface area (Å²) in [6.07, 6.45) is -8.56. The van der Waals surface area contributed by atoms with Crippen LogP contribution in [0.4, 0.5) is 26.3 Å². The second-order valence-electron chi connectivity index (χ2n) is 7.26. The van der Waals surface area contributed by atoms with Crippen LogP contribution in [0.5, 0.6) is 5.75 Å². The molecule has 0 aromatic heterocycles. The molecule has 0 atom stereocenters. The third kappa shape index (κ3) is 7.49. The summed E-state index contributed by atoms with van der Waals surface area (Å²) >= 11 is 0. The average molecular weight is 497 g/mol. The van der Waals surface area contributed by atoms with Crippen LogP contribution in [0.15, 0.2) is 71.9 Å². The predicted octanol–water partition coefficient (Wildman–Crippen LogP) is 6.41. The van der Waals surface area contributed by atoms with Crippen LogP contribution in [0.2, 0.25) is 0 Å². The highest BCUT2D eigenvalue weighted by Gasteiger charge is 2.36. The van der Waals surface area contributed by atoms with Gasteiger partial charge in [-0.2, -0.15) is 26.3 Å². The number of rotatable bonds is 8. The molecule has 0 aliphatic heterocycles. The quantitative estimate of drug-likeness (QED) is 0.222. The van der Waals surface area contributed by atoms with E-state index in [0.29, 0.717) is 28.8 Å². The first-order valence-electron chi connectivity index (χ1n) is 9.90. The molecule has 0 saturated heterocycles. The fourth-order valence-electron chi connectivity index (χ4n) is 3.02. The van der Waals surface area contributed by atoms with E-state index in [9.17, 15) is 31.1 Å². The van der Waals surface area contributed by atoms with Crippen LogP contribution in [0.1, 0.15) is 22.3 Å². The SMILES string of the molecule is O=C(O)CON=Cc1cccc(-c2cccc(OCc3cc(C(F)(F)F)cc(C(F)(F)F)c3)c2)c1. The molecule has 5 nitrogen and oxygen atoms in total. The predicted molar refractivity (Wildman–Crippen MR) is 114 cm³/mol. The Morgan fingerprint density at radius 1 is 0.857 bits per heavy atom. The van der Waals surface area contributed by atoms with E-state index in [2.05, 4.69) is 9.99 Å². The van der Waals surface area contributed by atoms with Crippen molar-refractivity contribution in [3.63, 3.8) is 0 Å². The molecule has 0 amide bonds. The van der Waals surface area contributed by atoms with E-state index in [0.717, 1.165) is 0 Å². The van der Waals surface area contributed by atoms with Crippen LogP contribution in [0, 0.1) is 0 Å². The Morgan fingerprint density at radius 3 is 2.06 bits per heavy atom. The van der Waals surface area contributed by atoms with E-state index in [4.69, 9.17) is 9.84 Å². The minimum atomic E-state index is -4.94. The lowest BCUT2D eigenvalue weighted by Crippen LogP contribution is -2.12. The maximum atomic E-state index is 13.1. The second kappa shape index (κ2) is 10.5. The number of benzene rings is 3. The molecule has 0 spiro atoms. The summed E-state index contributed by atoms with van der Waals surface area (Å²) in [6, 6.07) is 14.6. The second-order valence-corrected chi connectivity index (χ2v) is 7.26. The molecule has 1 N–H and O–H groups in total. The highest BCUT2D eigenvalue weighted by atomic mass is 19.4. The van der Waals surface area contributed by atoms with Gasteiger partial charge in [0.1, 0.15) is 12.4 Å². The van der Waals surface area contributed by atoms with E-state index in [-0.39, 0.29) is 17.4 Å². The van der Waals surface area contributed by atoms with E-state index in [1.165, 1.54) is 12.3 Å². The number of hydrogen-bond acceptors (Lipinski definition) is 4. The summed E-state index contributed by atoms with van der Waals surface area (Å²) in [5.41, 5.74) is -1.14. The Morgan fingerprint density at radius 2 is 1.46 bits per heavy atom. The Kier molecular flexibility index (Phi) is 7.68. The largest absolute Gasteiger partial charge is 0.489 e. The first kappa shape index (κ1) is 25.6. The van der Waals surface area contributed by atoms with Crippen molar-refractivity contribution in [3.8, 4) is 16.9 Å². The Hall–Kier alpha value is -4.02. The number of oxime groups is 1. The van der Waals surface area contributed by atoms with E-state index in [1.54, 1.807) is 42.5 Å². The molecule has 11 heteroatoms. The van der Waals surface area contributed by atoms with Gasteiger partial charge in [0.05, 0.1) is 17.3 Å². The van der Waals surface area contributed by atoms with Crippen molar-refractivity contribution in [1.82, 2.24) is 0 Å². The van der Waals surface area contributed by atoms with E-state index < -0.39 is 42.7 Å². The summed E-state index contributed by atoms with van der Waals surface area (Å²) in [7, 11) is 0. The summed E-state index contributed by atoms with van der Waals surface area (Å²) in [5, 5.41) is 12.1. The van der Waals surface area contributed by atoms with Gasteiger partial charge in [-0.05, 0) is 58.7 Å². The van der Waals surface area contributed by atoms with Crippen molar-refractivity contribution in [1.29, 1.82) is 0 Å². The Bertz CT molecular complexity index is 1190. The van der Waals surface area contributed by atoms with Gasteiger partial charge in [0.25, 0.3) is 0 Å². The smallest absolute Gasteiger partial charge is 0.416 e. The van der Waals surface area contributed by atoms with E-state index >= 15 is 0 Å². The topological polar surface area (TPSA) is 68.1 Å². The monoisotopic (exact) mass is 497 g/mol. The van der Waals surface area contributed by atoms with Gasteiger partial charge < -0.3 is 14.7 Å². The van der Waals surface area contributed by atoms with Gasteiger partial charge in [-0.3, -0.25) is 0 Å². The van der Waals surface area contributed by atoms with Gasteiger partial charge in [0, 0.05) is 0 Å². The molecular formula is C24H17F6NO4. The normalized spacial score (nSPS) is 12.1. The zero-order valence-corrected chi connectivity index (χ0v) is 17.7. The van der Waals surface area contributed by atoms with Crippen LogP contribution in [-0.4, -0.2) is 23.9 Å². The number of nitrogens with zero attached hydrogens (tertiary/aromatic N) is 1. The van der Waals surface area contributed by atoms with Gasteiger partial charge in [-0.15, -0.1) is 0 Å². The van der Waals surface area contributed by atoms with Crippen molar-refractivity contribution >= 4 is 12.2 Å². The molecule has 3 aromatic rings. The minimum Gasteiger partial charge on any atom is -0.489 e. The highest BCUT2D eigenvalue weighted by molar-refractivity contribution is 5.82. The molecule has 0 saturated carbocycles. The van der Waals surface area contributed by atoms with E-state index in [1.807, 2.05) is 0 Å². The lowest BCUT2D eigenvalue weighted by Gasteiger charge is -2.15. The third-order valence-electron chi connectivity index (χ3n) is 4.57. The number of aliphatic carboxylic acids is 1. The van der Waals surface area contributed by atoms with Crippen LogP contribution >= 0.6 is 0 Å². The number of ether oxygens (including phenoxy) is 1. The number of carboxylic acids is 1.